The van der Waals surface area contributed by atoms with Gasteiger partial charge in [-0.1, -0.05) is 12.1 Å². The summed E-state index contributed by atoms with van der Waals surface area (Å²) in [5, 5.41) is 24.7. The van der Waals surface area contributed by atoms with Crippen LogP contribution in [-0.2, 0) is 11.2 Å². The number of benzene rings is 2. The van der Waals surface area contributed by atoms with E-state index in [1.807, 2.05) is 6.92 Å². The van der Waals surface area contributed by atoms with Gasteiger partial charge in [-0.25, -0.2) is 5.43 Å². The SMILES string of the molecule is CCOc1ccc(CC(=O)N/N=C/c2cc(OCC)c(O)c([N+](=O)[O-])c2)cc1. The average molecular weight is 387 g/mol. The lowest BCUT2D eigenvalue weighted by molar-refractivity contribution is -0.386. The van der Waals surface area contributed by atoms with Gasteiger partial charge in [-0.2, -0.15) is 5.10 Å². The van der Waals surface area contributed by atoms with Crippen molar-refractivity contribution in [3.8, 4) is 17.2 Å². The van der Waals surface area contributed by atoms with E-state index >= 15 is 0 Å². The number of phenolic OH excluding ortho intramolecular Hbond substituents is 1. The molecule has 0 heterocycles. The molecule has 2 aromatic carbocycles. The van der Waals surface area contributed by atoms with Gasteiger partial charge in [0.25, 0.3) is 0 Å². The summed E-state index contributed by atoms with van der Waals surface area (Å²) >= 11 is 0. The molecule has 2 rings (SSSR count). The number of nitro benzene ring substituents is 1. The summed E-state index contributed by atoms with van der Waals surface area (Å²) in [4.78, 5) is 22.3. The number of rotatable bonds is 9. The zero-order valence-electron chi connectivity index (χ0n) is 15.5. The van der Waals surface area contributed by atoms with E-state index in [-0.39, 0.29) is 24.7 Å². The molecule has 148 valence electrons. The lowest BCUT2D eigenvalue weighted by atomic mass is 10.1. The lowest BCUT2D eigenvalue weighted by Crippen LogP contribution is -2.19. The maximum atomic E-state index is 12.0. The summed E-state index contributed by atoms with van der Waals surface area (Å²) in [5.41, 5.74) is 2.94. The third-order valence-electron chi connectivity index (χ3n) is 3.58. The zero-order valence-corrected chi connectivity index (χ0v) is 15.5. The van der Waals surface area contributed by atoms with Crippen LogP contribution in [0.4, 0.5) is 5.69 Å². The van der Waals surface area contributed by atoms with E-state index in [9.17, 15) is 20.0 Å². The normalized spacial score (nSPS) is 10.6. The van der Waals surface area contributed by atoms with Crippen LogP contribution in [0.2, 0.25) is 0 Å². The molecule has 0 bridgehead atoms. The fourth-order valence-corrected chi connectivity index (χ4v) is 2.37. The zero-order chi connectivity index (χ0) is 20.5. The number of nitro groups is 1. The molecule has 9 heteroatoms. The Balaban J connectivity index is 2.03. The molecule has 0 saturated carbocycles. The first kappa shape index (κ1) is 20.7. The van der Waals surface area contributed by atoms with Gasteiger partial charge < -0.3 is 14.6 Å². The van der Waals surface area contributed by atoms with Crippen molar-refractivity contribution in [2.45, 2.75) is 20.3 Å². The molecule has 0 aliphatic rings. The Bertz CT molecular complexity index is 865. The number of nitrogens with zero attached hydrogens (tertiary/aromatic N) is 2. The Labute approximate surface area is 161 Å². The Kier molecular flexibility index (Phi) is 7.32. The van der Waals surface area contributed by atoms with Crippen molar-refractivity contribution in [2.24, 2.45) is 5.10 Å². The number of aromatic hydroxyl groups is 1. The second-order valence-corrected chi connectivity index (χ2v) is 5.62. The highest BCUT2D eigenvalue weighted by atomic mass is 16.6. The summed E-state index contributed by atoms with van der Waals surface area (Å²) in [6.45, 7) is 4.37. The Morgan fingerprint density at radius 1 is 1.21 bits per heavy atom. The Morgan fingerprint density at radius 3 is 2.50 bits per heavy atom. The third-order valence-corrected chi connectivity index (χ3v) is 3.58. The number of amides is 1. The smallest absolute Gasteiger partial charge is 0.315 e. The number of carbonyl (C=O) groups is 1. The van der Waals surface area contributed by atoms with Gasteiger partial charge in [0.2, 0.25) is 11.7 Å². The maximum absolute atomic E-state index is 12.0. The van der Waals surface area contributed by atoms with Crippen molar-refractivity contribution in [3.05, 3.63) is 57.6 Å². The highest BCUT2D eigenvalue weighted by Gasteiger charge is 2.19. The molecule has 0 unspecified atom stereocenters. The third kappa shape index (κ3) is 5.70. The van der Waals surface area contributed by atoms with Crippen LogP contribution in [0.3, 0.4) is 0 Å². The van der Waals surface area contributed by atoms with Crippen molar-refractivity contribution in [1.29, 1.82) is 0 Å². The van der Waals surface area contributed by atoms with Crippen molar-refractivity contribution >= 4 is 17.8 Å². The molecule has 0 saturated heterocycles. The van der Waals surface area contributed by atoms with E-state index in [2.05, 4.69) is 10.5 Å². The number of phenols is 1. The number of ether oxygens (including phenoxy) is 2. The van der Waals surface area contributed by atoms with E-state index in [4.69, 9.17) is 9.47 Å². The minimum atomic E-state index is -0.723. The van der Waals surface area contributed by atoms with Crippen molar-refractivity contribution in [1.82, 2.24) is 5.43 Å². The Hall–Kier alpha value is -3.62. The van der Waals surface area contributed by atoms with Crippen LogP contribution in [0, 0.1) is 10.1 Å². The second kappa shape index (κ2) is 9.91. The van der Waals surface area contributed by atoms with E-state index in [0.29, 0.717) is 12.2 Å². The van der Waals surface area contributed by atoms with Crippen LogP contribution in [-0.4, -0.2) is 35.4 Å². The topological polar surface area (TPSA) is 123 Å². The summed E-state index contributed by atoms with van der Waals surface area (Å²) in [6, 6.07) is 9.66. The molecule has 0 aliphatic carbocycles. The van der Waals surface area contributed by atoms with Crippen molar-refractivity contribution < 1.29 is 24.3 Å². The number of hydrogen-bond acceptors (Lipinski definition) is 7. The van der Waals surface area contributed by atoms with Crippen LogP contribution in [0.25, 0.3) is 0 Å². The number of hydrogen-bond donors (Lipinski definition) is 2. The molecule has 1 amide bonds. The number of carbonyl (C=O) groups excluding carboxylic acids is 1. The van der Waals surface area contributed by atoms with Crippen molar-refractivity contribution in [3.63, 3.8) is 0 Å². The van der Waals surface area contributed by atoms with E-state index in [1.165, 1.54) is 12.3 Å². The first-order valence-corrected chi connectivity index (χ1v) is 8.62. The van der Waals surface area contributed by atoms with E-state index in [0.717, 1.165) is 17.4 Å². The molecule has 0 aromatic heterocycles. The minimum Gasteiger partial charge on any atom is -0.500 e. The summed E-state index contributed by atoms with van der Waals surface area (Å²) in [5.74, 6) is -0.204. The van der Waals surface area contributed by atoms with Gasteiger partial charge in [0.1, 0.15) is 5.75 Å². The highest BCUT2D eigenvalue weighted by molar-refractivity contribution is 5.85. The van der Waals surface area contributed by atoms with Crippen LogP contribution in [0.1, 0.15) is 25.0 Å². The van der Waals surface area contributed by atoms with Crippen LogP contribution in [0.15, 0.2) is 41.5 Å². The van der Waals surface area contributed by atoms with Crippen LogP contribution in [0.5, 0.6) is 17.2 Å². The highest BCUT2D eigenvalue weighted by Crippen LogP contribution is 2.36. The molecule has 0 radical (unpaired) electrons. The molecule has 9 nitrogen and oxygen atoms in total. The Morgan fingerprint density at radius 2 is 1.89 bits per heavy atom. The second-order valence-electron chi connectivity index (χ2n) is 5.62. The summed E-state index contributed by atoms with van der Waals surface area (Å²) in [7, 11) is 0. The minimum absolute atomic E-state index is 0.0288. The van der Waals surface area contributed by atoms with Gasteiger partial charge in [0.05, 0.1) is 30.8 Å². The van der Waals surface area contributed by atoms with Crippen LogP contribution < -0.4 is 14.9 Å². The fourth-order valence-electron chi connectivity index (χ4n) is 2.37. The molecule has 0 aliphatic heterocycles. The summed E-state index contributed by atoms with van der Waals surface area (Å²) < 4.78 is 10.5. The van der Waals surface area contributed by atoms with Gasteiger partial charge in [0.15, 0.2) is 5.75 Å². The quantitative estimate of drug-likeness (QED) is 0.387. The monoisotopic (exact) mass is 387 g/mol. The lowest BCUT2D eigenvalue weighted by Gasteiger charge is -2.07. The predicted octanol–water partition coefficient (Wildman–Crippen LogP) is 2.79. The number of nitrogens with one attached hydrogen (secondary N) is 1. The van der Waals surface area contributed by atoms with Gasteiger partial charge in [-0.15, -0.1) is 0 Å². The summed E-state index contributed by atoms with van der Waals surface area (Å²) in [6.07, 6.45) is 1.36. The predicted molar refractivity (Wildman–Crippen MR) is 103 cm³/mol. The first-order valence-electron chi connectivity index (χ1n) is 8.62. The van der Waals surface area contributed by atoms with Gasteiger partial charge in [-0.3, -0.25) is 14.9 Å². The molecular weight excluding hydrogens is 366 g/mol. The first-order chi connectivity index (χ1) is 13.4. The van der Waals surface area contributed by atoms with Gasteiger partial charge >= 0.3 is 5.69 Å². The fraction of sp³-hybridized carbons (Fsp3) is 0.263. The van der Waals surface area contributed by atoms with Crippen LogP contribution >= 0.6 is 0 Å². The van der Waals surface area contributed by atoms with E-state index in [1.54, 1.807) is 31.2 Å². The number of hydrazone groups is 1. The largest absolute Gasteiger partial charge is 0.500 e. The molecular formula is C19H21N3O6. The molecule has 0 spiro atoms. The van der Waals surface area contributed by atoms with E-state index < -0.39 is 16.4 Å². The molecule has 2 N–H and O–H groups in total. The maximum Gasteiger partial charge on any atom is 0.315 e. The van der Waals surface area contributed by atoms with Gasteiger partial charge in [-0.05, 0) is 37.6 Å². The molecule has 0 atom stereocenters. The van der Waals surface area contributed by atoms with Crippen molar-refractivity contribution in [2.75, 3.05) is 13.2 Å². The van der Waals surface area contributed by atoms with Gasteiger partial charge in [0, 0.05) is 11.6 Å². The molecule has 0 fully saturated rings. The molecule has 2 aromatic rings. The standard InChI is InChI=1S/C19H21N3O6/c1-3-27-15-7-5-13(6-8-15)11-18(23)21-20-12-14-9-16(22(25)26)19(24)17(10-14)28-4-2/h5-10,12,24H,3-4,11H2,1-2H3,(H,21,23)/b20-12+. The molecule has 28 heavy (non-hydrogen) atoms. The average Bonchev–Trinajstić information content (AvgIpc) is 2.66.